The molecule has 0 spiro atoms. The molecule has 180 valence electrons. The van der Waals surface area contributed by atoms with Crippen molar-refractivity contribution in [2.24, 2.45) is 0 Å². The molecular formula is C23H20Cl2FN7O2. The van der Waals surface area contributed by atoms with E-state index in [4.69, 9.17) is 27.9 Å². The number of aromatic amines is 1. The van der Waals surface area contributed by atoms with Gasteiger partial charge in [-0.2, -0.15) is 10.1 Å². The van der Waals surface area contributed by atoms with Crippen molar-refractivity contribution in [1.82, 2.24) is 30.0 Å². The van der Waals surface area contributed by atoms with Crippen LogP contribution in [0.4, 0.5) is 10.2 Å². The molecule has 1 saturated heterocycles. The van der Waals surface area contributed by atoms with Gasteiger partial charge in [-0.05, 0) is 18.6 Å². The summed E-state index contributed by atoms with van der Waals surface area (Å²) in [5.41, 5.74) is 0.803. The molecule has 0 aliphatic carbocycles. The number of hydrogen-bond acceptors (Lipinski definition) is 7. The van der Waals surface area contributed by atoms with Crippen LogP contribution in [0.1, 0.15) is 13.3 Å². The number of pyridine rings is 1. The minimum absolute atomic E-state index is 0.0188. The van der Waals surface area contributed by atoms with Crippen LogP contribution in [0.25, 0.3) is 21.8 Å². The molecule has 0 radical (unpaired) electrons. The molecule has 1 atom stereocenters. The fraction of sp³-hybridized carbons (Fsp3) is 0.261. The van der Waals surface area contributed by atoms with Gasteiger partial charge in [0.15, 0.2) is 5.75 Å². The van der Waals surface area contributed by atoms with Gasteiger partial charge in [0.2, 0.25) is 11.8 Å². The molecular weight excluding hydrogens is 496 g/mol. The maximum absolute atomic E-state index is 14.4. The molecule has 35 heavy (non-hydrogen) atoms. The molecule has 5 rings (SSSR count). The first-order chi connectivity index (χ1) is 16.9. The number of halogens is 3. The summed E-state index contributed by atoms with van der Waals surface area (Å²) in [6.45, 7) is 7.25. The maximum Gasteiger partial charge on any atom is 0.247 e. The first-order valence-electron chi connectivity index (χ1n) is 10.9. The summed E-state index contributed by atoms with van der Waals surface area (Å²) in [5.74, 6) is -0.0243. The van der Waals surface area contributed by atoms with Crippen molar-refractivity contribution < 1.29 is 13.9 Å². The summed E-state index contributed by atoms with van der Waals surface area (Å²) < 4.78 is 20.4. The number of ether oxygens (including phenoxy) is 1. The van der Waals surface area contributed by atoms with Gasteiger partial charge in [-0.1, -0.05) is 36.7 Å². The lowest BCUT2D eigenvalue weighted by molar-refractivity contribution is -0.126. The molecule has 4 aromatic rings. The van der Waals surface area contributed by atoms with E-state index in [2.05, 4.69) is 36.6 Å². The van der Waals surface area contributed by atoms with Crippen LogP contribution in [0.5, 0.6) is 11.6 Å². The Bertz CT molecular complexity index is 1460. The molecule has 1 amide bonds. The van der Waals surface area contributed by atoms with Gasteiger partial charge in [-0.25, -0.2) is 14.4 Å². The molecule has 3 aromatic heterocycles. The second-order valence-corrected chi connectivity index (χ2v) is 8.79. The molecule has 1 N–H and O–H groups in total. The summed E-state index contributed by atoms with van der Waals surface area (Å²) in [4.78, 5) is 29.2. The number of carbonyl (C=O) groups excluding carboxylic acids is 1. The lowest BCUT2D eigenvalue weighted by Gasteiger charge is -2.41. The Balaban J connectivity index is 1.59. The summed E-state index contributed by atoms with van der Waals surface area (Å²) in [7, 11) is 0. The Hall–Kier alpha value is -3.50. The number of anilines is 1. The molecule has 0 bridgehead atoms. The second kappa shape index (κ2) is 9.27. The highest BCUT2D eigenvalue weighted by Gasteiger charge is 2.30. The molecule has 0 unspecified atom stereocenters. The van der Waals surface area contributed by atoms with E-state index in [1.54, 1.807) is 11.0 Å². The minimum atomic E-state index is -0.669. The SMILES string of the molecule is C=CC(=O)N1CCN(c2ncnc3c(Oc4c(Cl)c(F)cc5[nH]ncc45)nc(Cl)cc23)[C@@H](CC)C1. The maximum atomic E-state index is 14.4. The summed E-state index contributed by atoms with van der Waals surface area (Å²) in [5, 5.41) is 7.67. The van der Waals surface area contributed by atoms with E-state index in [0.717, 1.165) is 6.42 Å². The number of nitrogens with one attached hydrogen (secondary N) is 1. The van der Waals surface area contributed by atoms with Crippen LogP contribution in [0.15, 0.2) is 37.3 Å². The van der Waals surface area contributed by atoms with Gasteiger partial charge in [-0.3, -0.25) is 9.89 Å². The molecule has 4 heterocycles. The Morgan fingerprint density at radius 1 is 1.31 bits per heavy atom. The van der Waals surface area contributed by atoms with Gasteiger partial charge in [0.25, 0.3) is 0 Å². The topological polar surface area (TPSA) is 100 Å². The molecule has 12 heteroatoms. The standard InChI is InChI=1S/C23H20Cl2FN7O2/c1-3-12-10-32(18(34)4-2)5-6-33(12)22-13-7-17(24)30-23(20(13)27-11-28-22)35-21-14-9-29-31-16(14)8-15(26)19(21)25/h4,7-9,11-12H,2-3,5-6,10H2,1H3,(H,29,31)/t12-/m0/s1. The molecule has 9 nitrogen and oxygen atoms in total. The molecule has 1 aliphatic rings. The van der Waals surface area contributed by atoms with Crippen molar-refractivity contribution in [1.29, 1.82) is 0 Å². The average molecular weight is 516 g/mol. The van der Waals surface area contributed by atoms with Gasteiger partial charge < -0.3 is 14.5 Å². The van der Waals surface area contributed by atoms with Crippen molar-refractivity contribution in [3.05, 3.63) is 53.3 Å². The zero-order valence-electron chi connectivity index (χ0n) is 18.6. The fourth-order valence-corrected chi connectivity index (χ4v) is 4.68. The van der Waals surface area contributed by atoms with E-state index < -0.39 is 5.82 Å². The largest absolute Gasteiger partial charge is 0.434 e. The quantitative estimate of drug-likeness (QED) is 0.302. The summed E-state index contributed by atoms with van der Waals surface area (Å²) >= 11 is 12.6. The predicted molar refractivity (Wildman–Crippen MR) is 132 cm³/mol. The van der Waals surface area contributed by atoms with E-state index in [1.807, 2.05) is 6.92 Å². The molecule has 1 aliphatic heterocycles. The zero-order chi connectivity index (χ0) is 24.7. The van der Waals surface area contributed by atoms with Crippen molar-refractivity contribution in [3.63, 3.8) is 0 Å². The highest BCUT2D eigenvalue weighted by Crippen LogP contribution is 2.40. The van der Waals surface area contributed by atoms with Gasteiger partial charge in [0.05, 0.1) is 22.5 Å². The van der Waals surface area contributed by atoms with Crippen molar-refractivity contribution in [3.8, 4) is 11.6 Å². The number of rotatable bonds is 5. The third-order valence-corrected chi connectivity index (χ3v) is 6.59. The van der Waals surface area contributed by atoms with Crippen LogP contribution in [0, 0.1) is 5.82 Å². The van der Waals surface area contributed by atoms with E-state index in [0.29, 0.717) is 47.3 Å². The molecule has 1 fully saturated rings. The Labute approximate surface area is 209 Å². The smallest absolute Gasteiger partial charge is 0.247 e. The van der Waals surface area contributed by atoms with Gasteiger partial charge >= 0.3 is 0 Å². The first-order valence-corrected chi connectivity index (χ1v) is 11.6. The molecule has 0 saturated carbocycles. The van der Waals surface area contributed by atoms with Crippen LogP contribution < -0.4 is 9.64 Å². The van der Waals surface area contributed by atoms with Crippen LogP contribution in [0.2, 0.25) is 10.2 Å². The van der Waals surface area contributed by atoms with Crippen LogP contribution >= 0.6 is 23.2 Å². The number of H-pyrrole nitrogens is 1. The number of benzene rings is 1. The monoisotopic (exact) mass is 515 g/mol. The average Bonchev–Trinajstić information content (AvgIpc) is 3.33. The van der Waals surface area contributed by atoms with Crippen molar-refractivity contribution in [2.45, 2.75) is 19.4 Å². The van der Waals surface area contributed by atoms with Gasteiger partial charge in [0.1, 0.15) is 33.7 Å². The van der Waals surface area contributed by atoms with E-state index in [-0.39, 0.29) is 33.8 Å². The third kappa shape index (κ3) is 4.12. The van der Waals surface area contributed by atoms with E-state index >= 15 is 0 Å². The third-order valence-electron chi connectivity index (χ3n) is 6.04. The highest BCUT2D eigenvalue weighted by molar-refractivity contribution is 6.33. The number of fused-ring (bicyclic) bond motifs is 2. The normalized spacial score (nSPS) is 16.2. The highest BCUT2D eigenvalue weighted by atomic mass is 35.5. The van der Waals surface area contributed by atoms with Crippen LogP contribution in [-0.4, -0.2) is 61.6 Å². The number of amides is 1. The Morgan fingerprint density at radius 3 is 2.91 bits per heavy atom. The van der Waals surface area contributed by atoms with Crippen LogP contribution in [0.3, 0.4) is 0 Å². The zero-order valence-corrected chi connectivity index (χ0v) is 20.1. The van der Waals surface area contributed by atoms with Crippen molar-refractivity contribution >= 4 is 56.7 Å². The number of aromatic nitrogens is 5. The van der Waals surface area contributed by atoms with Gasteiger partial charge in [0, 0.05) is 31.7 Å². The van der Waals surface area contributed by atoms with Crippen LogP contribution in [-0.2, 0) is 4.79 Å². The van der Waals surface area contributed by atoms with Crippen molar-refractivity contribution in [2.75, 3.05) is 24.5 Å². The predicted octanol–water partition coefficient (Wildman–Crippen LogP) is 4.75. The molecule has 1 aromatic carbocycles. The number of carbonyl (C=O) groups is 1. The van der Waals surface area contributed by atoms with E-state index in [9.17, 15) is 9.18 Å². The Kier molecular flexibility index (Phi) is 6.16. The summed E-state index contributed by atoms with van der Waals surface area (Å²) in [6.07, 6.45) is 5.01. The summed E-state index contributed by atoms with van der Waals surface area (Å²) in [6, 6.07) is 2.92. The number of piperazine rings is 1. The van der Waals surface area contributed by atoms with E-state index in [1.165, 1.54) is 24.7 Å². The Morgan fingerprint density at radius 2 is 2.14 bits per heavy atom. The first kappa shape index (κ1) is 23.3. The van der Waals surface area contributed by atoms with Gasteiger partial charge in [-0.15, -0.1) is 0 Å². The second-order valence-electron chi connectivity index (χ2n) is 8.02. The fourth-order valence-electron chi connectivity index (χ4n) is 4.30. The lowest BCUT2D eigenvalue weighted by atomic mass is 10.1. The number of hydrogen-bond donors (Lipinski definition) is 1. The minimum Gasteiger partial charge on any atom is -0.434 e. The lowest BCUT2D eigenvalue weighted by Crippen LogP contribution is -2.54. The number of nitrogens with zero attached hydrogens (tertiary/aromatic N) is 6.